The average molecular weight is 1160 g/mol. The van der Waals surface area contributed by atoms with Crippen molar-refractivity contribution in [1.82, 2.24) is 42.1 Å². The number of aliphatic carboxylic acids is 2. The first-order valence-electron chi connectivity index (χ1n) is 26.0. The van der Waals surface area contributed by atoms with Crippen molar-refractivity contribution in [1.29, 1.82) is 0 Å². The number of nitrogens with one attached hydrogen (secondary N) is 7. The number of hydrogen-bond acceptors (Lipinski definition) is 18. The summed E-state index contributed by atoms with van der Waals surface area (Å²) in [6.45, 7) is -0.166. The van der Waals surface area contributed by atoms with Gasteiger partial charge in [0.25, 0.3) is 0 Å². The first kappa shape index (κ1) is 66.1. The van der Waals surface area contributed by atoms with Crippen LogP contribution in [0.4, 0.5) is 0 Å². The molecule has 0 aromatic heterocycles. The lowest BCUT2D eigenvalue weighted by Crippen LogP contribution is -2.61. The maximum absolute atomic E-state index is 14.6. The number of phenolic OH excluding ortho intramolecular Hbond substituents is 3. The number of carboxylic acid groups (broad SMARTS) is 2. The van der Waals surface area contributed by atoms with Crippen molar-refractivity contribution in [3.8, 4) is 17.2 Å². The molecule has 30 nitrogen and oxygen atoms in total. The van der Waals surface area contributed by atoms with Crippen LogP contribution >= 0.6 is 0 Å². The maximum Gasteiger partial charge on any atom is 0.328 e. The number of aromatic hydroxyl groups is 3. The van der Waals surface area contributed by atoms with Gasteiger partial charge >= 0.3 is 11.9 Å². The van der Waals surface area contributed by atoms with Gasteiger partial charge in [0.1, 0.15) is 59.5 Å². The summed E-state index contributed by atoms with van der Waals surface area (Å²) in [6.07, 6.45) is -4.96. The Bertz CT molecular complexity index is 2820. The lowest BCUT2D eigenvalue weighted by atomic mass is 10.0. The molecule has 10 atom stereocenters. The minimum absolute atomic E-state index is 0.0166. The van der Waals surface area contributed by atoms with Crippen molar-refractivity contribution in [2.24, 2.45) is 17.2 Å². The third-order valence-corrected chi connectivity index (χ3v) is 13.1. The van der Waals surface area contributed by atoms with Crippen LogP contribution in [-0.4, -0.2) is 185 Å². The predicted molar refractivity (Wildman–Crippen MR) is 287 cm³/mol. The molecule has 0 bridgehead atoms. The van der Waals surface area contributed by atoms with Gasteiger partial charge in [-0.05, 0) is 85.7 Å². The van der Waals surface area contributed by atoms with E-state index in [-0.39, 0.29) is 67.9 Å². The van der Waals surface area contributed by atoms with E-state index < -0.39 is 164 Å². The number of rotatable bonds is 32. The van der Waals surface area contributed by atoms with Gasteiger partial charge in [-0.3, -0.25) is 52.7 Å². The highest BCUT2D eigenvalue weighted by atomic mass is 16.4. The molecule has 3 aromatic carbocycles. The first-order chi connectivity index (χ1) is 39.1. The fourth-order valence-corrected chi connectivity index (χ4v) is 8.57. The number of primary amides is 2. The second-order valence-corrected chi connectivity index (χ2v) is 19.6. The van der Waals surface area contributed by atoms with Gasteiger partial charge in [0.05, 0.1) is 25.2 Å². The highest BCUT2D eigenvalue weighted by molar-refractivity contribution is 5.99. The molecule has 3 aromatic rings. The average Bonchev–Trinajstić information content (AvgIpc) is 4.22. The van der Waals surface area contributed by atoms with Gasteiger partial charge in [-0.1, -0.05) is 36.4 Å². The van der Waals surface area contributed by atoms with Gasteiger partial charge in [0.2, 0.25) is 59.1 Å². The number of likely N-dealkylation sites (tertiary alicyclic amines) is 1. The van der Waals surface area contributed by atoms with Gasteiger partial charge in [-0.15, -0.1) is 0 Å². The molecule has 1 aliphatic heterocycles. The number of phenols is 3. The standard InChI is InChI=1S/C53H69N11O19/c1-26(66)44(53(82)83)63-49(78)36(22-28-6-12-31(68)13-7-28)60-51(80)40-3-2-20-64(40)52(81)38(23-29-8-14-32(69)15-9-29)61-50(79)39(25-65)62-48(77)37(24-43(72)73)59-47(76)35(21-27-4-10-30(67)11-5-27)58-46(75)34(17-19-42(56)71)57-45(74)33(54)16-18-41(55)70/h4-15,26,33-40,44,65-69H,2-3,16-25,54H2,1H3,(H2,55,70)(H2,56,71)(H,57,74)(H,58,75)(H,59,76)(H,60,80)(H,61,79)(H,62,77)(H,63,78)(H,72,73)(H,82,83)/t26-,33+,34+,35+,36+,37+,38+,39+,40+,44+/m1/s1. The summed E-state index contributed by atoms with van der Waals surface area (Å²) in [7, 11) is 0. The summed E-state index contributed by atoms with van der Waals surface area (Å²) < 4.78 is 0. The van der Waals surface area contributed by atoms with Gasteiger partial charge in [0.15, 0.2) is 6.04 Å². The number of carbonyl (C=O) groups excluding carboxylic acids is 10. The summed E-state index contributed by atoms with van der Waals surface area (Å²) in [5, 5.41) is 86.0. The van der Waals surface area contributed by atoms with Crippen molar-refractivity contribution in [2.45, 2.75) is 132 Å². The third-order valence-electron chi connectivity index (χ3n) is 13.1. The number of aliphatic hydroxyl groups excluding tert-OH is 2. The van der Waals surface area contributed by atoms with Crippen LogP contribution in [0.2, 0.25) is 0 Å². The van der Waals surface area contributed by atoms with Crippen LogP contribution in [-0.2, 0) is 76.8 Å². The zero-order chi connectivity index (χ0) is 61.7. The SMILES string of the molecule is C[C@@H](O)[C@H](NC(=O)[C@H](Cc1ccc(O)cc1)NC(=O)[C@@H]1CCCN1C(=O)[C@H](Cc1ccc(O)cc1)NC(=O)[C@H](CO)NC(=O)[C@H](CC(=O)O)NC(=O)[C@H](Cc1ccc(O)cc1)NC(=O)[C@H](CCC(N)=O)NC(=O)[C@@H](N)CCC(N)=O)C(=O)O. The van der Waals surface area contributed by atoms with Crippen molar-refractivity contribution in [3.63, 3.8) is 0 Å². The van der Waals surface area contributed by atoms with E-state index in [0.717, 1.165) is 11.8 Å². The lowest BCUT2D eigenvalue weighted by molar-refractivity contribution is -0.145. The minimum Gasteiger partial charge on any atom is -0.508 e. The van der Waals surface area contributed by atoms with Crippen LogP contribution in [0.25, 0.3) is 0 Å². The number of nitrogens with two attached hydrogens (primary N) is 3. The normalized spacial score (nSPS) is 16.1. The van der Waals surface area contributed by atoms with E-state index in [4.69, 9.17) is 17.2 Å². The predicted octanol–water partition coefficient (Wildman–Crippen LogP) is -4.99. The van der Waals surface area contributed by atoms with Crippen LogP contribution in [0.3, 0.4) is 0 Å². The summed E-state index contributed by atoms with van der Waals surface area (Å²) in [6, 6.07) is 1.04. The van der Waals surface area contributed by atoms with Crippen molar-refractivity contribution in [2.75, 3.05) is 13.2 Å². The molecule has 20 N–H and O–H groups in total. The molecule has 30 heteroatoms. The zero-order valence-corrected chi connectivity index (χ0v) is 44.9. The first-order valence-corrected chi connectivity index (χ1v) is 26.0. The Morgan fingerprint density at radius 2 is 0.940 bits per heavy atom. The van der Waals surface area contributed by atoms with Crippen LogP contribution < -0.4 is 54.4 Å². The van der Waals surface area contributed by atoms with E-state index in [1.165, 1.54) is 72.8 Å². The molecule has 0 spiro atoms. The van der Waals surface area contributed by atoms with Crippen LogP contribution in [0.15, 0.2) is 72.8 Å². The summed E-state index contributed by atoms with van der Waals surface area (Å²) in [4.78, 5) is 160. The van der Waals surface area contributed by atoms with Gasteiger partial charge in [0, 0.05) is 38.6 Å². The quantitative estimate of drug-likeness (QED) is 0.0278. The number of nitrogens with zero attached hydrogens (tertiary/aromatic N) is 1. The molecule has 83 heavy (non-hydrogen) atoms. The molecule has 1 fully saturated rings. The Kier molecular flexibility index (Phi) is 25.1. The molecule has 0 saturated carbocycles. The van der Waals surface area contributed by atoms with E-state index in [0.29, 0.717) is 11.1 Å². The highest BCUT2D eigenvalue weighted by Crippen LogP contribution is 2.22. The number of amides is 10. The van der Waals surface area contributed by atoms with E-state index in [2.05, 4.69) is 37.2 Å². The Balaban J connectivity index is 1.60. The maximum atomic E-state index is 14.6. The van der Waals surface area contributed by atoms with Crippen LogP contribution in [0.5, 0.6) is 17.2 Å². The fraction of sp³-hybridized carbons (Fsp3) is 0.434. The van der Waals surface area contributed by atoms with Gasteiger partial charge in [-0.25, -0.2) is 4.79 Å². The number of aliphatic hydroxyl groups is 2. The number of carbonyl (C=O) groups is 12. The topological polar surface area (TPSA) is 512 Å². The molecule has 4 rings (SSSR count). The van der Waals surface area contributed by atoms with E-state index in [1.54, 1.807) is 0 Å². The van der Waals surface area contributed by atoms with Gasteiger partial charge < -0.3 is 95.1 Å². The molecule has 0 radical (unpaired) electrons. The number of benzene rings is 3. The van der Waals surface area contributed by atoms with Crippen molar-refractivity contribution in [3.05, 3.63) is 89.5 Å². The molecule has 0 unspecified atom stereocenters. The summed E-state index contributed by atoms with van der Waals surface area (Å²) in [5.74, 6) is -14.1. The van der Waals surface area contributed by atoms with E-state index in [1.807, 2.05) is 0 Å². The second-order valence-electron chi connectivity index (χ2n) is 19.6. The van der Waals surface area contributed by atoms with Crippen molar-refractivity contribution < 1.29 is 93.3 Å². The molecule has 1 aliphatic rings. The molecule has 450 valence electrons. The molecular weight excluding hydrogens is 1090 g/mol. The Morgan fingerprint density at radius 3 is 1.41 bits per heavy atom. The van der Waals surface area contributed by atoms with Crippen LogP contribution in [0, 0.1) is 0 Å². The number of carboxylic acids is 2. The Hall–Kier alpha value is -9.42. The third kappa shape index (κ3) is 21.2. The summed E-state index contributed by atoms with van der Waals surface area (Å²) >= 11 is 0. The van der Waals surface area contributed by atoms with E-state index >= 15 is 0 Å². The van der Waals surface area contributed by atoms with Gasteiger partial charge in [-0.2, -0.15) is 0 Å². The number of hydrogen-bond donors (Lipinski definition) is 17. The smallest absolute Gasteiger partial charge is 0.328 e. The van der Waals surface area contributed by atoms with Crippen molar-refractivity contribution >= 4 is 71.0 Å². The van der Waals surface area contributed by atoms with E-state index in [9.17, 15) is 93.3 Å². The van der Waals surface area contributed by atoms with Crippen LogP contribution in [0.1, 0.15) is 68.6 Å². The highest BCUT2D eigenvalue weighted by Gasteiger charge is 2.41. The second kappa shape index (κ2) is 31.5. The molecular formula is C53H69N11O19. The molecule has 0 aliphatic carbocycles. The minimum atomic E-state index is -2.07. The fourth-order valence-electron chi connectivity index (χ4n) is 8.57. The Morgan fingerprint density at radius 1 is 0.542 bits per heavy atom. The molecule has 1 heterocycles. The Labute approximate surface area is 473 Å². The summed E-state index contributed by atoms with van der Waals surface area (Å²) in [5.41, 5.74) is 17.3. The lowest BCUT2D eigenvalue weighted by Gasteiger charge is -2.31. The molecule has 10 amide bonds. The zero-order valence-electron chi connectivity index (χ0n) is 44.9. The molecule has 1 saturated heterocycles. The monoisotopic (exact) mass is 1160 g/mol. The largest absolute Gasteiger partial charge is 0.508 e.